The van der Waals surface area contributed by atoms with Gasteiger partial charge in [0, 0.05) is 12.5 Å². The molecule has 0 heterocycles. The molecule has 116 valence electrons. The molecule has 1 aromatic carbocycles. The lowest BCUT2D eigenvalue weighted by molar-refractivity contribution is -0.145. The highest BCUT2D eigenvalue weighted by molar-refractivity contribution is 5.78. The van der Waals surface area contributed by atoms with Crippen LogP contribution in [0.5, 0.6) is 5.75 Å². The van der Waals surface area contributed by atoms with E-state index in [0.717, 1.165) is 12.8 Å². The van der Waals surface area contributed by atoms with Crippen molar-refractivity contribution in [3.05, 3.63) is 29.6 Å². The van der Waals surface area contributed by atoms with E-state index in [4.69, 9.17) is 4.74 Å². The molecule has 1 fully saturated rings. The van der Waals surface area contributed by atoms with Crippen LogP contribution in [-0.2, 0) is 4.79 Å². The highest BCUT2D eigenvalue weighted by atomic mass is 19.1. The summed E-state index contributed by atoms with van der Waals surface area (Å²) in [4.78, 5) is 11.5. The maximum Gasteiger partial charge on any atom is 0.323 e. The van der Waals surface area contributed by atoms with Crippen molar-refractivity contribution in [2.75, 3.05) is 0 Å². The van der Waals surface area contributed by atoms with Gasteiger partial charge in [-0.2, -0.15) is 0 Å². The van der Waals surface area contributed by atoms with Gasteiger partial charge in [-0.1, -0.05) is 12.1 Å². The summed E-state index contributed by atoms with van der Waals surface area (Å²) < 4.78 is 19.5. The van der Waals surface area contributed by atoms with E-state index in [1.807, 2.05) is 0 Å². The van der Waals surface area contributed by atoms with Crippen LogP contribution in [0.2, 0.25) is 0 Å². The van der Waals surface area contributed by atoms with Crippen LogP contribution in [-0.4, -0.2) is 28.8 Å². The topological polar surface area (TPSA) is 58.6 Å². The first-order valence-corrected chi connectivity index (χ1v) is 7.24. The van der Waals surface area contributed by atoms with E-state index in [0.29, 0.717) is 5.56 Å². The Kier molecular flexibility index (Phi) is 4.52. The van der Waals surface area contributed by atoms with Gasteiger partial charge in [0.05, 0.1) is 6.10 Å². The third kappa shape index (κ3) is 3.94. The first-order valence-electron chi connectivity index (χ1n) is 7.24. The number of aliphatic carboxylic acids is 1. The zero-order valence-electron chi connectivity index (χ0n) is 12.6. The smallest absolute Gasteiger partial charge is 0.323 e. The monoisotopic (exact) mass is 295 g/mol. The number of hydrogen-bond acceptors (Lipinski definition) is 3. The van der Waals surface area contributed by atoms with E-state index >= 15 is 0 Å². The highest BCUT2D eigenvalue weighted by Crippen LogP contribution is 2.27. The van der Waals surface area contributed by atoms with Gasteiger partial charge in [-0.15, -0.1) is 0 Å². The Balaban J connectivity index is 2.03. The molecule has 2 rings (SSSR count). The van der Waals surface area contributed by atoms with E-state index in [2.05, 4.69) is 5.32 Å². The van der Waals surface area contributed by atoms with Gasteiger partial charge >= 0.3 is 5.97 Å². The summed E-state index contributed by atoms with van der Waals surface area (Å²) in [5.41, 5.74) is -0.544. The number of benzene rings is 1. The van der Waals surface area contributed by atoms with Crippen molar-refractivity contribution in [2.24, 2.45) is 0 Å². The molecule has 0 saturated heterocycles. The maximum absolute atomic E-state index is 13.9. The summed E-state index contributed by atoms with van der Waals surface area (Å²) in [5.74, 6) is -1.13. The first kappa shape index (κ1) is 15.8. The number of carboxylic acids is 1. The Morgan fingerprint density at radius 1 is 1.57 bits per heavy atom. The van der Waals surface area contributed by atoms with E-state index in [1.165, 1.54) is 0 Å². The van der Waals surface area contributed by atoms with Gasteiger partial charge in [0.25, 0.3) is 0 Å². The molecule has 0 bridgehead atoms. The average molecular weight is 295 g/mol. The Hall–Kier alpha value is -1.62. The molecular formula is C16H22FNO3. The van der Waals surface area contributed by atoms with Crippen molar-refractivity contribution < 1.29 is 19.0 Å². The van der Waals surface area contributed by atoms with Crippen LogP contribution in [0.3, 0.4) is 0 Å². The molecule has 2 unspecified atom stereocenters. The van der Waals surface area contributed by atoms with Gasteiger partial charge in [0.15, 0.2) is 11.6 Å². The van der Waals surface area contributed by atoms with Crippen LogP contribution in [0.4, 0.5) is 4.39 Å². The minimum atomic E-state index is -1.05. The summed E-state index contributed by atoms with van der Waals surface area (Å²) in [6.07, 6.45) is 1.87. The number of rotatable bonds is 7. The second kappa shape index (κ2) is 6.02. The van der Waals surface area contributed by atoms with E-state index < -0.39 is 23.4 Å². The number of hydrogen-bond donors (Lipinski definition) is 2. The molecular weight excluding hydrogens is 273 g/mol. The quantitative estimate of drug-likeness (QED) is 0.812. The molecule has 21 heavy (non-hydrogen) atoms. The molecule has 2 N–H and O–H groups in total. The van der Waals surface area contributed by atoms with Gasteiger partial charge < -0.3 is 9.84 Å². The Morgan fingerprint density at radius 3 is 2.81 bits per heavy atom. The summed E-state index contributed by atoms with van der Waals surface area (Å²) in [5, 5.41) is 12.6. The lowest BCUT2D eigenvalue weighted by Crippen LogP contribution is -2.52. The number of ether oxygens (including phenoxy) is 1. The summed E-state index contributed by atoms with van der Waals surface area (Å²) in [6, 6.07) is 5.22. The lowest BCUT2D eigenvalue weighted by Gasteiger charge is -2.29. The predicted octanol–water partition coefficient (Wildman–Crippen LogP) is 2.89. The van der Waals surface area contributed by atoms with Crippen molar-refractivity contribution in [1.29, 1.82) is 0 Å². The molecule has 0 amide bonds. The molecule has 1 aliphatic rings. The summed E-state index contributed by atoms with van der Waals surface area (Å²) >= 11 is 0. The second-order valence-corrected chi connectivity index (χ2v) is 6.08. The molecule has 2 atom stereocenters. The minimum absolute atomic E-state index is 0.168. The van der Waals surface area contributed by atoms with Crippen molar-refractivity contribution in [3.8, 4) is 5.75 Å². The number of carbonyl (C=O) groups is 1. The van der Waals surface area contributed by atoms with Crippen LogP contribution in [0.1, 0.15) is 38.7 Å². The van der Waals surface area contributed by atoms with Gasteiger partial charge in [-0.05, 0) is 45.2 Å². The van der Waals surface area contributed by atoms with Gasteiger partial charge in [-0.25, -0.2) is 4.39 Å². The summed E-state index contributed by atoms with van der Waals surface area (Å²) in [7, 11) is 0. The van der Waals surface area contributed by atoms with Gasteiger partial charge in [0.2, 0.25) is 0 Å². The van der Waals surface area contributed by atoms with Crippen LogP contribution in [0.15, 0.2) is 18.2 Å². The lowest BCUT2D eigenvalue weighted by atomic mass is 9.94. The normalized spacial score (nSPS) is 18.9. The first-order chi connectivity index (χ1) is 9.82. The number of aryl methyl sites for hydroxylation is 1. The molecule has 1 saturated carbocycles. The average Bonchev–Trinajstić information content (AvgIpc) is 3.18. The van der Waals surface area contributed by atoms with Gasteiger partial charge in [-0.3, -0.25) is 10.1 Å². The molecule has 1 aromatic rings. The largest absolute Gasteiger partial charge is 0.488 e. The van der Waals surface area contributed by atoms with Crippen LogP contribution < -0.4 is 10.1 Å². The summed E-state index contributed by atoms with van der Waals surface area (Å²) in [6.45, 7) is 5.08. The highest BCUT2D eigenvalue weighted by Gasteiger charge is 2.40. The second-order valence-electron chi connectivity index (χ2n) is 6.08. The molecule has 4 nitrogen and oxygen atoms in total. The third-order valence-corrected chi connectivity index (χ3v) is 3.75. The van der Waals surface area contributed by atoms with Crippen LogP contribution in [0.25, 0.3) is 0 Å². The van der Waals surface area contributed by atoms with Crippen LogP contribution in [0, 0.1) is 12.7 Å². The van der Waals surface area contributed by atoms with E-state index in [1.54, 1.807) is 39.0 Å². The number of halogens is 1. The fourth-order valence-electron chi connectivity index (χ4n) is 2.43. The van der Waals surface area contributed by atoms with Crippen molar-refractivity contribution in [3.63, 3.8) is 0 Å². The number of carboxylic acid groups (broad SMARTS) is 1. The SMILES string of the molecule is Cc1cccc(OC(C)CC(C)(NC2CC2)C(=O)O)c1F. The van der Waals surface area contributed by atoms with E-state index in [-0.39, 0.29) is 18.2 Å². The minimum Gasteiger partial charge on any atom is -0.488 e. The maximum atomic E-state index is 13.9. The zero-order valence-corrected chi connectivity index (χ0v) is 12.6. The molecule has 1 aliphatic carbocycles. The predicted molar refractivity (Wildman–Crippen MR) is 78.0 cm³/mol. The third-order valence-electron chi connectivity index (χ3n) is 3.75. The van der Waals surface area contributed by atoms with E-state index in [9.17, 15) is 14.3 Å². The molecule has 0 radical (unpaired) electrons. The molecule has 0 spiro atoms. The van der Waals surface area contributed by atoms with Crippen molar-refractivity contribution in [1.82, 2.24) is 5.32 Å². The molecule has 0 aliphatic heterocycles. The fourth-order valence-corrected chi connectivity index (χ4v) is 2.43. The number of nitrogens with one attached hydrogen (secondary N) is 1. The Morgan fingerprint density at radius 2 is 2.24 bits per heavy atom. The standard InChI is InChI=1S/C16H22FNO3/c1-10-5-4-6-13(14(10)17)21-11(2)9-16(3,15(19)20)18-12-7-8-12/h4-6,11-12,18H,7-9H2,1-3H3,(H,19,20). The van der Waals surface area contributed by atoms with Crippen molar-refractivity contribution >= 4 is 5.97 Å². The Labute approximate surface area is 124 Å². The Bertz CT molecular complexity index is 530. The van der Waals surface area contributed by atoms with Gasteiger partial charge in [0.1, 0.15) is 5.54 Å². The van der Waals surface area contributed by atoms with Crippen LogP contribution >= 0.6 is 0 Å². The fraction of sp³-hybridized carbons (Fsp3) is 0.562. The van der Waals surface area contributed by atoms with Crippen molar-refractivity contribution in [2.45, 2.75) is 57.7 Å². The molecule has 0 aromatic heterocycles. The molecule has 5 heteroatoms. The zero-order chi connectivity index (χ0) is 15.6.